The first-order valence-electron chi connectivity index (χ1n) is 6.33. The number of benzene rings is 1. The average Bonchev–Trinajstić information content (AvgIpc) is 2.94. The van der Waals surface area contributed by atoms with Crippen molar-refractivity contribution >= 4 is 57.7 Å². The van der Waals surface area contributed by atoms with Crippen molar-refractivity contribution in [1.29, 1.82) is 0 Å². The second-order valence-corrected chi connectivity index (χ2v) is 6.85. The predicted octanol–water partition coefficient (Wildman–Crippen LogP) is 6.37. The normalized spacial score (nSPS) is 10.4. The molecule has 0 fully saturated rings. The smallest absolute Gasteiger partial charge is 0.156 e. The quantitative estimate of drug-likeness (QED) is 0.539. The monoisotopic (exact) mass is 396 g/mol. The molecule has 0 aliphatic carbocycles. The van der Waals surface area contributed by atoms with E-state index in [-0.39, 0.29) is 11.1 Å². The van der Waals surface area contributed by atoms with E-state index in [9.17, 15) is 0 Å². The van der Waals surface area contributed by atoms with Crippen molar-refractivity contribution < 1.29 is 9.47 Å². The molecule has 0 unspecified atom stereocenters. The van der Waals surface area contributed by atoms with Gasteiger partial charge in [-0.25, -0.2) is 0 Å². The third-order valence-electron chi connectivity index (χ3n) is 2.68. The lowest BCUT2D eigenvalue weighted by atomic mass is 10.2. The summed E-state index contributed by atoms with van der Waals surface area (Å²) < 4.78 is 11.2. The van der Waals surface area contributed by atoms with Crippen LogP contribution in [0.3, 0.4) is 0 Å². The van der Waals surface area contributed by atoms with Crippen LogP contribution in [0.15, 0.2) is 39.5 Å². The van der Waals surface area contributed by atoms with Crippen LogP contribution in [0.25, 0.3) is 0 Å². The van der Waals surface area contributed by atoms with Gasteiger partial charge in [0.2, 0.25) is 0 Å². The summed E-state index contributed by atoms with van der Waals surface area (Å²) in [6.07, 6.45) is 2.32. The fourth-order valence-corrected chi connectivity index (χ4v) is 3.07. The molecule has 0 N–H and O–H groups in total. The van der Waals surface area contributed by atoms with Crippen molar-refractivity contribution in [2.24, 2.45) is 0 Å². The highest BCUT2D eigenvalue weighted by molar-refractivity contribution is 7.07. The van der Waals surface area contributed by atoms with Gasteiger partial charge in [0, 0.05) is 18.6 Å². The number of thiophene rings is 1. The molecule has 1 heterocycles. The highest BCUT2D eigenvalue weighted by atomic mass is 35.5. The first-order valence-corrected chi connectivity index (χ1v) is 8.78. The lowest BCUT2D eigenvalue weighted by Crippen LogP contribution is -2.02. The van der Waals surface area contributed by atoms with Gasteiger partial charge in [0.25, 0.3) is 0 Å². The summed E-state index contributed by atoms with van der Waals surface area (Å²) in [6, 6.07) is 5.34. The Hall–Kier alpha value is -0.580. The van der Waals surface area contributed by atoms with E-state index in [1.54, 1.807) is 23.5 Å². The van der Waals surface area contributed by atoms with Gasteiger partial charge >= 0.3 is 0 Å². The van der Waals surface area contributed by atoms with E-state index < -0.39 is 0 Å². The SMILES string of the molecule is ClC(Cl)=CCOc1cc(Cl)c(OCCc2ccsc2)c(Cl)c1. The summed E-state index contributed by atoms with van der Waals surface area (Å²) >= 11 is 25.0. The molecule has 0 aliphatic rings. The molecule has 22 heavy (non-hydrogen) atoms. The average molecular weight is 398 g/mol. The summed E-state index contributed by atoms with van der Waals surface area (Å²) in [5.41, 5.74) is 1.22. The Bertz CT molecular complexity index is 614. The van der Waals surface area contributed by atoms with Crippen molar-refractivity contribution in [1.82, 2.24) is 0 Å². The van der Waals surface area contributed by atoms with E-state index in [1.807, 2.05) is 5.38 Å². The van der Waals surface area contributed by atoms with Gasteiger partial charge in [-0.2, -0.15) is 11.3 Å². The van der Waals surface area contributed by atoms with Crippen molar-refractivity contribution in [2.75, 3.05) is 13.2 Å². The Kier molecular flexibility index (Phi) is 7.19. The van der Waals surface area contributed by atoms with E-state index in [1.165, 1.54) is 11.6 Å². The van der Waals surface area contributed by atoms with Gasteiger partial charge in [0.1, 0.15) is 16.8 Å². The Balaban J connectivity index is 1.95. The van der Waals surface area contributed by atoms with Gasteiger partial charge in [0.15, 0.2) is 5.75 Å². The Morgan fingerprint density at radius 1 is 1.14 bits per heavy atom. The summed E-state index contributed by atoms with van der Waals surface area (Å²) in [7, 11) is 0. The summed E-state index contributed by atoms with van der Waals surface area (Å²) in [5, 5.41) is 4.91. The van der Waals surface area contributed by atoms with Gasteiger partial charge in [-0.15, -0.1) is 0 Å². The van der Waals surface area contributed by atoms with Crippen LogP contribution in [0.4, 0.5) is 0 Å². The van der Waals surface area contributed by atoms with Crippen LogP contribution in [0, 0.1) is 0 Å². The van der Waals surface area contributed by atoms with Crippen LogP contribution in [0.1, 0.15) is 5.56 Å². The maximum atomic E-state index is 6.18. The molecule has 0 amide bonds. The molecule has 118 valence electrons. The molecule has 1 aromatic carbocycles. The van der Waals surface area contributed by atoms with Crippen LogP contribution in [-0.2, 0) is 6.42 Å². The minimum atomic E-state index is 0.144. The third-order valence-corrected chi connectivity index (χ3v) is 4.28. The van der Waals surface area contributed by atoms with Crippen LogP contribution < -0.4 is 9.47 Å². The van der Waals surface area contributed by atoms with Crippen LogP contribution in [-0.4, -0.2) is 13.2 Å². The Labute approximate surface area is 153 Å². The highest BCUT2D eigenvalue weighted by Crippen LogP contribution is 2.37. The second kappa shape index (κ2) is 8.90. The zero-order chi connectivity index (χ0) is 15.9. The fourth-order valence-electron chi connectivity index (χ4n) is 1.66. The molecule has 0 aliphatic heterocycles. The summed E-state index contributed by atoms with van der Waals surface area (Å²) in [5.74, 6) is 0.975. The number of halogens is 4. The van der Waals surface area contributed by atoms with Crippen molar-refractivity contribution in [3.63, 3.8) is 0 Å². The number of hydrogen-bond donors (Lipinski definition) is 0. The summed E-state index contributed by atoms with van der Waals surface area (Å²) in [4.78, 5) is 0. The van der Waals surface area contributed by atoms with E-state index in [0.29, 0.717) is 28.2 Å². The van der Waals surface area contributed by atoms with Crippen molar-refractivity contribution in [3.05, 3.63) is 55.1 Å². The maximum absolute atomic E-state index is 6.18. The largest absolute Gasteiger partial charge is 0.490 e. The van der Waals surface area contributed by atoms with E-state index >= 15 is 0 Å². The van der Waals surface area contributed by atoms with Gasteiger partial charge < -0.3 is 9.47 Å². The lowest BCUT2D eigenvalue weighted by Gasteiger charge is -2.12. The van der Waals surface area contributed by atoms with E-state index in [4.69, 9.17) is 55.9 Å². The van der Waals surface area contributed by atoms with Gasteiger partial charge in [-0.1, -0.05) is 46.4 Å². The first kappa shape index (κ1) is 17.8. The predicted molar refractivity (Wildman–Crippen MR) is 95.3 cm³/mol. The molecule has 2 nitrogen and oxygen atoms in total. The molecule has 1 aromatic heterocycles. The molecule has 0 atom stereocenters. The van der Waals surface area contributed by atoms with Gasteiger partial charge in [-0.3, -0.25) is 0 Å². The zero-order valence-electron chi connectivity index (χ0n) is 11.3. The fraction of sp³-hybridized carbons (Fsp3) is 0.200. The molecular formula is C15H12Cl4O2S. The highest BCUT2D eigenvalue weighted by Gasteiger charge is 2.10. The third kappa shape index (κ3) is 5.56. The first-order chi connectivity index (χ1) is 10.6. The number of ether oxygens (including phenoxy) is 2. The molecule has 0 saturated carbocycles. The Morgan fingerprint density at radius 3 is 2.45 bits per heavy atom. The second-order valence-electron chi connectivity index (χ2n) is 4.25. The minimum Gasteiger partial charge on any atom is -0.490 e. The standard InChI is InChI=1S/C15H12Cl4O2S/c16-12-7-11(20-5-2-14(18)19)8-13(17)15(12)21-4-1-10-3-6-22-9-10/h2-3,6-9H,1,4-5H2. The lowest BCUT2D eigenvalue weighted by molar-refractivity contribution is 0.320. The molecule has 2 rings (SSSR count). The molecule has 7 heteroatoms. The van der Waals surface area contributed by atoms with Crippen LogP contribution in [0.2, 0.25) is 10.0 Å². The number of hydrogen-bond acceptors (Lipinski definition) is 3. The minimum absolute atomic E-state index is 0.144. The molecule has 0 radical (unpaired) electrons. The topological polar surface area (TPSA) is 18.5 Å². The number of rotatable bonds is 7. The van der Waals surface area contributed by atoms with Crippen LogP contribution in [0.5, 0.6) is 11.5 Å². The molecular weight excluding hydrogens is 386 g/mol. The van der Waals surface area contributed by atoms with Gasteiger partial charge in [-0.05, 0) is 28.5 Å². The summed E-state index contributed by atoms with van der Waals surface area (Å²) in [6.45, 7) is 0.730. The zero-order valence-corrected chi connectivity index (χ0v) is 15.2. The van der Waals surface area contributed by atoms with Crippen LogP contribution >= 0.6 is 57.7 Å². The Morgan fingerprint density at radius 2 is 1.86 bits per heavy atom. The van der Waals surface area contributed by atoms with Crippen molar-refractivity contribution in [3.8, 4) is 11.5 Å². The molecule has 0 saturated heterocycles. The molecule has 2 aromatic rings. The maximum Gasteiger partial charge on any atom is 0.156 e. The van der Waals surface area contributed by atoms with E-state index in [0.717, 1.165) is 6.42 Å². The van der Waals surface area contributed by atoms with Gasteiger partial charge in [0.05, 0.1) is 16.7 Å². The molecule has 0 bridgehead atoms. The van der Waals surface area contributed by atoms with E-state index in [2.05, 4.69) is 11.4 Å². The van der Waals surface area contributed by atoms with Crippen molar-refractivity contribution in [2.45, 2.75) is 6.42 Å². The molecule has 0 spiro atoms.